The van der Waals surface area contributed by atoms with Crippen molar-refractivity contribution in [3.05, 3.63) is 53.1 Å². The van der Waals surface area contributed by atoms with Gasteiger partial charge in [-0.2, -0.15) is 4.31 Å². The number of ether oxygens (including phenoxy) is 2. The number of hydrogen-bond donors (Lipinski definition) is 2. The molecule has 184 valence electrons. The molecule has 9 nitrogen and oxygen atoms in total. The highest BCUT2D eigenvalue weighted by atomic mass is 35.5. The molecule has 2 aromatic carbocycles. The molecule has 2 aromatic rings. The number of halogens is 1. The van der Waals surface area contributed by atoms with Crippen molar-refractivity contribution in [2.45, 2.75) is 30.3 Å². The van der Waals surface area contributed by atoms with Crippen LogP contribution in [0, 0.1) is 0 Å². The predicted molar refractivity (Wildman–Crippen MR) is 128 cm³/mol. The van der Waals surface area contributed by atoms with Crippen molar-refractivity contribution in [1.29, 1.82) is 0 Å². The maximum absolute atomic E-state index is 13.2. The van der Waals surface area contributed by atoms with Crippen LogP contribution < -0.4 is 20.3 Å². The van der Waals surface area contributed by atoms with Gasteiger partial charge in [-0.15, -0.1) is 0 Å². The molecule has 0 bridgehead atoms. The molecule has 0 spiro atoms. The number of hydrogen-bond acceptors (Lipinski definition) is 7. The Balaban J connectivity index is 1.35. The first-order valence-electron chi connectivity index (χ1n) is 11.2. The summed E-state index contributed by atoms with van der Waals surface area (Å²) in [4.78, 5) is 14.8. The van der Waals surface area contributed by atoms with Crippen molar-refractivity contribution >= 4 is 27.5 Å². The molecule has 2 unspecified atom stereocenters. The molecule has 2 fully saturated rings. The van der Waals surface area contributed by atoms with Gasteiger partial charge in [0.1, 0.15) is 22.4 Å². The average Bonchev–Trinajstić information content (AvgIpc) is 3.34. The standard InChI is InChI=1S/C23H29ClN4O5S/c1-3-33-18-7-4-16(5-8-18)19-15-20(26-25-19)23(29)27-10-12-28(13-11-27)34(30,31)22-14-17(24)6-9-21(22)32-2/h4-9,14,19-20,25-26H,3,10-13,15H2,1-2H3. The number of hydrazine groups is 1. The number of nitrogens with one attached hydrogen (secondary N) is 2. The van der Waals surface area contributed by atoms with Gasteiger partial charge in [0, 0.05) is 37.2 Å². The van der Waals surface area contributed by atoms with E-state index in [9.17, 15) is 13.2 Å². The monoisotopic (exact) mass is 508 g/mol. The number of methoxy groups -OCH3 is 1. The highest BCUT2D eigenvalue weighted by Crippen LogP contribution is 2.30. The van der Waals surface area contributed by atoms with Gasteiger partial charge in [0.2, 0.25) is 15.9 Å². The summed E-state index contributed by atoms with van der Waals surface area (Å²) >= 11 is 6.02. The van der Waals surface area contributed by atoms with Crippen molar-refractivity contribution in [2.24, 2.45) is 0 Å². The Hall–Kier alpha value is -2.37. The van der Waals surface area contributed by atoms with Gasteiger partial charge in [-0.1, -0.05) is 23.7 Å². The summed E-state index contributed by atoms with van der Waals surface area (Å²) in [6.45, 7) is 3.58. The van der Waals surface area contributed by atoms with E-state index in [1.807, 2.05) is 31.2 Å². The lowest BCUT2D eigenvalue weighted by molar-refractivity contribution is -0.134. The van der Waals surface area contributed by atoms with Crippen molar-refractivity contribution in [3.8, 4) is 11.5 Å². The van der Waals surface area contributed by atoms with E-state index in [2.05, 4.69) is 10.9 Å². The summed E-state index contributed by atoms with van der Waals surface area (Å²) < 4.78 is 38.4. The second-order valence-electron chi connectivity index (χ2n) is 8.16. The van der Waals surface area contributed by atoms with Gasteiger partial charge in [-0.3, -0.25) is 4.79 Å². The summed E-state index contributed by atoms with van der Waals surface area (Å²) in [5.41, 5.74) is 7.36. The van der Waals surface area contributed by atoms with Gasteiger partial charge < -0.3 is 14.4 Å². The Morgan fingerprint density at radius 2 is 1.79 bits per heavy atom. The Morgan fingerprint density at radius 1 is 1.09 bits per heavy atom. The van der Waals surface area contributed by atoms with Crippen LogP contribution in [0.5, 0.6) is 11.5 Å². The molecule has 4 rings (SSSR count). The Kier molecular flexibility index (Phi) is 7.63. The van der Waals surface area contributed by atoms with E-state index >= 15 is 0 Å². The molecule has 2 aliphatic rings. The normalized spacial score (nSPS) is 21.4. The van der Waals surface area contributed by atoms with Crippen LogP contribution in [0.4, 0.5) is 0 Å². The SMILES string of the molecule is CCOc1ccc(C2CC(C(=O)N3CCN(S(=O)(=O)c4cc(Cl)ccc4OC)CC3)NN2)cc1. The number of piperazine rings is 1. The van der Waals surface area contributed by atoms with E-state index in [1.165, 1.54) is 23.5 Å². The first kappa shape index (κ1) is 24.7. The Morgan fingerprint density at radius 3 is 2.44 bits per heavy atom. The van der Waals surface area contributed by atoms with Gasteiger partial charge in [0.05, 0.1) is 13.7 Å². The van der Waals surface area contributed by atoms with Crippen molar-refractivity contribution < 1.29 is 22.7 Å². The maximum Gasteiger partial charge on any atom is 0.246 e. The molecule has 2 aliphatic heterocycles. The molecule has 34 heavy (non-hydrogen) atoms. The van der Waals surface area contributed by atoms with E-state index in [0.29, 0.717) is 31.1 Å². The number of benzene rings is 2. The lowest BCUT2D eigenvalue weighted by atomic mass is 10.0. The molecule has 2 N–H and O–H groups in total. The average molecular weight is 509 g/mol. The van der Waals surface area contributed by atoms with E-state index in [0.717, 1.165) is 11.3 Å². The molecule has 2 heterocycles. The minimum absolute atomic E-state index is 0.00147. The van der Waals surface area contributed by atoms with Crippen LogP contribution in [0.3, 0.4) is 0 Å². The van der Waals surface area contributed by atoms with Crippen LogP contribution in [-0.4, -0.2) is 69.5 Å². The molecule has 1 amide bonds. The number of sulfonamides is 1. The van der Waals surface area contributed by atoms with Gasteiger partial charge in [-0.05, 0) is 49.2 Å². The number of carbonyl (C=O) groups excluding carboxylic acids is 1. The van der Waals surface area contributed by atoms with Crippen LogP contribution in [0.15, 0.2) is 47.4 Å². The summed E-state index contributed by atoms with van der Waals surface area (Å²) in [6.07, 6.45) is 0.602. The van der Waals surface area contributed by atoms with Gasteiger partial charge in [0.25, 0.3) is 0 Å². The van der Waals surface area contributed by atoms with Crippen molar-refractivity contribution in [1.82, 2.24) is 20.1 Å². The largest absolute Gasteiger partial charge is 0.495 e. The van der Waals surface area contributed by atoms with Gasteiger partial charge in [0.15, 0.2) is 0 Å². The molecular formula is C23H29ClN4O5S. The summed E-state index contributed by atoms with van der Waals surface area (Å²) in [5, 5.41) is 0.315. The molecule has 0 aliphatic carbocycles. The van der Waals surface area contributed by atoms with Crippen LogP contribution >= 0.6 is 11.6 Å². The third kappa shape index (κ3) is 5.16. The zero-order chi connectivity index (χ0) is 24.3. The van der Waals surface area contributed by atoms with E-state index in [4.69, 9.17) is 21.1 Å². The molecule has 2 saturated heterocycles. The highest BCUT2D eigenvalue weighted by molar-refractivity contribution is 7.89. The Labute approximate surface area is 205 Å². The molecule has 0 saturated carbocycles. The topological polar surface area (TPSA) is 100 Å². The van der Waals surface area contributed by atoms with Crippen LogP contribution in [0.25, 0.3) is 0 Å². The van der Waals surface area contributed by atoms with E-state index in [1.54, 1.807) is 11.0 Å². The number of nitrogens with zero attached hydrogens (tertiary/aromatic N) is 2. The second kappa shape index (κ2) is 10.5. The van der Waals surface area contributed by atoms with E-state index in [-0.39, 0.29) is 41.7 Å². The summed E-state index contributed by atoms with van der Waals surface area (Å²) in [5.74, 6) is 1.01. The fourth-order valence-corrected chi connectivity index (χ4v) is 6.10. The van der Waals surface area contributed by atoms with Gasteiger partial charge >= 0.3 is 0 Å². The summed E-state index contributed by atoms with van der Waals surface area (Å²) in [7, 11) is -2.38. The lowest BCUT2D eigenvalue weighted by Crippen LogP contribution is -2.54. The van der Waals surface area contributed by atoms with E-state index < -0.39 is 10.0 Å². The van der Waals surface area contributed by atoms with Gasteiger partial charge in [-0.25, -0.2) is 19.3 Å². The molecule has 11 heteroatoms. The van der Waals surface area contributed by atoms with Crippen LogP contribution in [0.2, 0.25) is 5.02 Å². The van der Waals surface area contributed by atoms with Crippen LogP contribution in [-0.2, 0) is 14.8 Å². The molecule has 0 radical (unpaired) electrons. The predicted octanol–water partition coefficient (Wildman–Crippen LogP) is 2.19. The van der Waals surface area contributed by atoms with Crippen LogP contribution in [0.1, 0.15) is 24.9 Å². The smallest absolute Gasteiger partial charge is 0.246 e. The van der Waals surface area contributed by atoms with Crippen molar-refractivity contribution in [2.75, 3.05) is 39.9 Å². The zero-order valence-corrected chi connectivity index (χ0v) is 20.7. The minimum atomic E-state index is -3.80. The first-order chi connectivity index (χ1) is 16.3. The molecular weight excluding hydrogens is 480 g/mol. The quantitative estimate of drug-likeness (QED) is 0.591. The molecule has 2 atom stereocenters. The highest BCUT2D eigenvalue weighted by Gasteiger charge is 2.37. The Bertz CT molecular complexity index is 1120. The fraction of sp³-hybridized carbons (Fsp3) is 0.435. The third-order valence-corrected chi connectivity index (χ3v) is 8.24. The number of carbonyl (C=O) groups is 1. The number of amides is 1. The minimum Gasteiger partial charge on any atom is -0.495 e. The third-order valence-electron chi connectivity index (χ3n) is 6.09. The zero-order valence-electron chi connectivity index (χ0n) is 19.2. The summed E-state index contributed by atoms with van der Waals surface area (Å²) in [6, 6.07) is 12.0. The fourth-order valence-electron chi connectivity index (χ4n) is 4.26. The second-order valence-corrected chi connectivity index (χ2v) is 10.5. The molecule has 0 aromatic heterocycles. The maximum atomic E-state index is 13.2. The number of rotatable bonds is 7. The lowest BCUT2D eigenvalue weighted by Gasteiger charge is -2.35. The first-order valence-corrected chi connectivity index (χ1v) is 13.0. The van der Waals surface area contributed by atoms with Crippen molar-refractivity contribution in [3.63, 3.8) is 0 Å².